The Morgan fingerprint density at radius 1 is 1.45 bits per heavy atom. The SMILES string of the molecule is Brc1cnc2cc[c]cc2c1. The van der Waals surface area contributed by atoms with Gasteiger partial charge in [-0.2, -0.15) is 0 Å². The molecule has 53 valence electrons. The lowest BCUT2D eigenvalue weighted by Crippen LogP contribution is -1.76. The van der Waals surface area contributed by atoms with E-state index in [0.717, 1.165) is 15.4 Å². The van der Waals surface area contributed by atoms with Crippen LogP contribution in [-0.2, 0) is 0 Å². The van der Waals surface area contributed by atoms with Gasteiger partial charge in [0.25, 0.3) is 0 Å². The number of fused-ring (bicyclic) bond motifs is 1. The van der Waals surface area contributed by atoms with E-state index in [1.54, 1.807) is 6.20 Å². The third-order valence-corrected chi connectivity index (χ3v) is 1.93. The highest BCUT2D eigenvalue weighted by Crippen LogP contribution is 2.15. The molecule has 0 saturated heterocycles. The van der Waals surface area contributed by atoms with Gasteiger partial charge < -0.3 is 0 Å². The first-order valence-electron chi connectivity index (χ1n) is 3.27. The first kappa shape index (κ1) is 6.80. The van der Waals surface area contributed by atoms with E-state index in [0.29, 0.717) is 0 Å². The van der Waals surface area contributed by atoms with Crippen molar-refractivity contribution in [1.29, 1.82) is 0 Å². The van der Waals surface area contributed by atoms with Crippen molar-refractivity contribution in [2.75, 3.05) is 0 Å². The third kappa shape index (κ3) is 1.26. The summed E-state index contributed by atoms with van der Waals surface area (Å²) in [6, 6.07) is 10.8. The maximum Gasteiger partial charge on any atom is 0.0703 e. The van der Waals surface area contributed by atoms with Gasteiger partial charge in [-0.05, 0) is 40.2 Å². The number of rotatable bonds is 0. The first-order valence-corrected chi connectivity index (χ1v) is 4.07. The predicted octanol–water partition coefficient (Wildman–Crippen LogP) is 2.80. The molecule has 2 aromatic rings. The van der Waals surface area contributed by atoms with E-state index < -0.39 is 0 Å². The maximum atomic E-state index is 4.21. The second-order valence-electron chi connectivity index (χ2n) is 2.27. The average Bonchev–Trinajstić information content (AvgIpc) is 2.04. The highest BCUT2D eigenvalue weighted by molar-refractivity contribution is 9.10. The Hall–Kier alpha value is -0.890. The number of nitrogens with zero attached hydrogens (tertiary/aromatic N) is 1. The third-order valence-electron chi connectivity index (χ3n) is 1.49. The van der Waals surface area contributed by atoms with E-state index >= 15 is 0 Å². The minimum atomic E-state index is 1.00. The molecule has 0 aliphatic carbocycles. The molecule has 0 spiro atoms. The quantitative estimate of drug-likeness (QED) is 0.647. The van der Waals surface area contributed by atoms with Crippen LogP contribution >= 0.6 is 15.9 Å². The highest BCUT2D eigenvalue weighted by Gasteiger charge is 1.92. The van der Waals surface area contributed by atoms with Crippen LogP contribution in [0.15, 0.2) is 34.9 Å². The summed E-state index contributed by atoms with van der Waals surface area (Å²) in [7, 11) is 0. The Kier molecular flexibility index (Phi) is 1.62. The summed E-state index contributed by atoms with van der Waals surface area (Å²) in [4.78, 5) is 4.21. The molecule has 1 radical (unpaired) electrons. The lowest BCUT2D eigenvalue weighted by atomic mass is 10.2. The fourth-order valence-corrected chi connectivity index (χ4v) is 1.33. The lowest BCUT2D eigenvalue weighted by molar-refractivity contribution is 1.39. The summed E-state index contributed by atoms with van der Waals surface area (Å²) >= 11 is 3.36. The Balaban J connectivity index is 2.83. The monoisotopic (exact) mass is 206 g/mol. The average molecular weight is 207 g/mol. The van der Waals surface area contributed by atoms with Crippen LogP contribution in [0.4, 0.5) is 0 Å². The van der Waals surface area contributed by atoms with Gasteiger partial charge in [-0.15, -0.1) is 0 Å². The summed E-state index contributed by atoms with van der Waals surface area (Å²) in [6.45, 7) is 0. The molecule has 0 aliphatic heterocycles. The van der Waals surface area contributed by atoms with Gasteiger partial charge in [-0.25, -0.2) is 0 Å². The molecule has 0 atom stereocenters. The van der Waals surface area contributed by atoms with Crippen molar-refractivity contribution in [3.63, 3.8) is 0 Å². The van der Waals surface area contributed by atoms with Crippen molar-refractivity contribution in [3.8, 4) is 0 Å². The Labute approximate surface area is 73.2 Å². The smallest absolute Gasteiger partial charge is 0.0703 e. The van der Waals surface area contributed by atoms with Gasteiger partial charge in [0.2, 0.25) is 0 Å². The van der Waals surface area contributed by atoms with Gasteiger partial charge in [-0.3, -0.25) is 4.98 Å². The number of hydrogen-bond donors (Lipinski definition) is 0. The van der Waals surface area contributed by atoms with Gasteiger partial charge in [0.15, 0.2) is 0 Å². The summed E-state index contributed by atoms with van der Waals surface area (Å²) in [5.41, 5.74) is 1.01. The summed E-state index contributed by atoms with van der Waals surface area (Å²) in [5.74, 6) is 0. The molecule has 2 rings (SSSR count). The van der Waals surface area contributed by atoms with Gasteiger partial charge in [0.05, 0.1) is 5.52 Å². The van der Waals surface area contributed by atoms with E-state index in [1.807, 2.05) is 24.3 Å². The maximum absolute atomic E-state index is 4.21. The van der Waals surface area contributed by atoms with Crippen molar-refractivity contribution in [2.45, 2.75) is 0 Å². The number of benzene rings is 1. The molecule has 0 saturated carbocycles. The zero-order valence-corrected chi connectivity index (χ0v) is 7.30. The van der Waals surface area contributed by atoms with E-state index in [4.69, 9.17) is 0 Å². The highest BCUT2D eigenvalue weighted by atomic mass is 79.9. The molecule has 1 nitrogen and oxygen atoms in total. The Bertz CT molecular complexity index is 384. The van der Waals surface area contributed by atoms with E-state index in [-0.39, 0.29) is 0 Å². The Morgan fingerprint density at radius 3 is 3.27 bits per heavy atom. The molecule has 0 unspecified atom stereocenters. The fraction of sp³-hybridized carbons (Fsp3) is 0. The van der Waals surface area contributed by atoms with Gasteiger partial charge >= 0.3 is 0 Å². The molecule has 0 bridgehead atoms. The van der Waals surface area contributed by atoms with Crippen molar-refractivity contribution >= 4 is 26.8 Å². The summed E-state index contributed by atoms with van der Waals surface area (Å²) in [6.07, 6.45) is 1.79. The topological polar surface area (TPSA) is 12.9 Å². The van der Waals surface area contributed by atoms with Crippen LogP contribution < -0.4 is 0 Å². The number of halogens is 1. The zero-order chi connectivity index (χ0) is 7.68. The largest absolute Gasteiger partial charge is 0.255 e. The zero-order valence-electron chi connectivity index (χ0n) is 5.71. The van der Waals surface area contributed by atoms with Gasteiger partial charge in [0.1, 0.15) is 0 Å². The van der Waals surface area contributed by atoms with Crippen LogP contribution in [0.2, 0.25) is 0 Å². The first-order chi connectivity index (χ1) is 5.36. The van der Waals surface area contributed by atoms with Crippen molar-refractivity contribution in [1.82, 2.24) is 4.98 Å². The van der Waals surface area contributed by atoms with Crippen LogP contribution in [0, 0.1) is 6.07 Å². The second-order valence-corrected chi connectivity index (χ2v) is 3.19. The summed E-state index contributed by atoms with van der Waals surface area (Å²) < 4.78 is 1.00. The minimum Gasteiger partial charge on any atom is -0.255 e. The standard InChI is InChI=1S/C9H5BrN/c10-8-5-7-3-1-2-4-9(7)11-6-8/h2-6H. The number of aromatic nitrogens is 1. The van der Waals surface area contributed by atoms with Crippen LogP contribution in [0.25, 0.3) is 10.9 Å². The molecule has 2 heteroatoms. The molecule has 0 amide bonds. The minimum absolute atomic E-state index is 1.00. The van der Waals surface area contributed by atoms with Crippen LogP contribution in [0.1, 0.15) is 0 Å². The fourth-order valence-electron chi connectivity index (χ4n) is 0.985. The molecule has 0 N–H and O–H groups in total. The van der Waals surface area contributed by atoms with E-state index in [9.17, 15) is 0 Å². The van der Waals surface area contributed by atoms with Crippen LogP contribution in [-0.4, -0.2) is 4.98 Å². The van der Waals surface area contributed by atoms with Crippen molar-refractivity contribution in [3.05, 3.63) is 41.0 Å². The van der Waals surface area contributed by atoms with Gasteiger partial charge in [0, 0.05) is 16.1 Å². The molecule has 0 fully saturated rings. The Morgan fingerprint density at radius 2 is 2.36 bits per heavy atom. The molecular weight excluding hydrogens is 202 g/mol. The second kappa shape index (κ2) is 2.62. The van der Waals surface area contributed by atoms with Crippen LogP contribution in [0.5, 0.6) is 0 Å². The predicted molar refractivity (Wildman–Crippen MR) is 48.3 cm³/mol. The summed E-state index contributed by atoms with van der Waals surface area (Å²) in [5, 5.41) is 1.11. The molecule has 11 heavy (non-hydrogen) atoms. The molecule has 0 aliphatic rings. The van der Waals surface area contributed by atoms with E-state index in [1.165, 1.54) is 0 Å². The molecule has 1 aromatic heterocycles. The molecule has 1 aromatic carbocycles. The molecular formula is C9H5BrN. The van der Waals surface area contributed by atoms with E-state index in [2.05, 4.69) is 27.0 Å². The number of pyridine rings is 1. The normalized spacial score (nSPS) is 10.3. The van der Waals surface area contributed by atoms with Crippen LogP contribution in [0.3, 0.4) is 0 Å². The van der Waals surface area contributed by atoms with Gasteiger partial charge in [-0.1, -0.05) is 6.07 Å². The lowest BCUT2D eigenvalue weighted by Gasteiger charge is -1.94. The molecule has 1 heterocycles. The number of hydrogen-bond acceptors (Lipinski definition) is 1. The van der Waals surface area contributed by atoms with Crippen molar-refractivity contribution in [2.24, 2.45) is 0 Å². The van der Waals surface area contributed by atoms with Crippen molar-refractivity contribution < 1.29 is 0 Å².